The molecule has 2 aliphatic rings. The third-order valence-corrected chi connectivity index (χ3v) is 6.75. The van der Waals surface area contributed by atoms with E-state index in [4.69, 9.17) is 10.00 Å². The summed E-state index contributed by atoms with van der Waals surface area (Å²) in [5, 5.41) is 9.99. The van der Waals surface area contributed by atoms with Gasteiger partial charge in [0.25, 0.3) is 0 Å². The number of ether oxygens (including phenoxy) is 1. The molecule has 1 amide bonds. The van der Waals surface area contributed by atoms with Crippen LogP contribution in [0.5, 0.6) is 0 Å². The van der Waals surface area contributed by atoms with E-state index in [0.717, 1.165) is 57.0 Å². The molecule has 1 saturated heterocycles. The van der Waals surface area contributed by atoms with E-state index >= 15 is 0 Å². The molecule has 4 rings (SSSR count). The number of nitrogens with one attached hydrogen (secondary N) is 1. The van der Waals surface area contributed by atoms with Crippen LogP contribution >= 0.6 is 0 Å². The third-order valence-electron chi connectivity index (χ3n) is 6.75. The normalized spacial score (nSPS) is 18.1. The number of esters is 1. The fourth-order valence-corrected chi connectivity index (χ4v) is 4.90. The molecule has 0 radical (unpaired) electrons. The summed E-state index contributed by atoms with van der Waals surface area (Å²) in [4.78, 5) is 32.6. The molecular formula is C26H34N4O3. The van der Waals surface area contributed by atoms with Gasteiger partial charge >= 0.3 is 5.97 Å². The summed E-state index contributed by atoms with van der Waals surface area (Å²) >= 11 is 0. The molecule has 0 unspecified atom stereocenters. The Morgan fingerprint density at radius 1 is 1.21 bits per heavy atom. The largest absolute Gasteiger partial charge is 0.465 e. The lowest BCUT2D eigenvalue weighted by Gasteiger charge is -2.28. The molecule has 7 nitrogen and oxygen atoms in total. The first-order valence-electron chi connectivity index (χ1n) is 12.2. The highest BCUT2D eigenvalue weighted by Gasteiger charge is 2.35. The van der Waals surface area contributed by atoms with E-state index in [-0.39, 0.29) is 24.5 Å². The molecule has 2 heterocycles. The standard InChI is InChI=1S/C26H34N4O3/c1-2-33-26(32)18-29(22-11-12-22)17-25(31)30-14-4-6-23(30)10-9-21-16-20-8-7-19(5-3-13-27)15-24(20)28-21/h7-8,15-16,22-23,28H,2-6,9-12,14,17-18H2,1H3/t23-/m0/s1. The van der Waals surface area contributed by atoms with E-state index < -0.39 is 0 Å². The van der Waals surface area contributed by atoms with Crippen LogP contribution in [0.3, 0.4) is 0 Å². The van der Waals surface area contributed by atoms with Gasteiger partial charge in [0.1, 0.15) is 0 Å². The van der Waals surface area contributed by atoms with Gasteiger partial charge in [-0.15, -0.1) is 0 Å². The van der Waals surface area contributed by atoms with Gasteiger partial charge in [-0.1, -0.05) is 12.1 Å². The van der Waals surface area contributed by atoms with E-state index in [1.54, 1.807) is 6.92 Å². The molecule has 7 heteroatoms. The summed E-state index contributed by atoms with van der Waals surface area (Å²) in [6, 6.07) is 11.3. The predicted octanol–water partition coefficient (Wildman–Crippen LogP) is 3.58. The van der Waals surface area contributed by atoms with Gasteiger partial charge in [0.15, 0.2) is 0 Å². The zero-order valence-corrected chi connectivity index (χ0v) is 19.5. The Morgan fingerprint density at radius 3 is 2.82 bits per heavy atom. The number of aromatic amines is 1. The molecule has 1 saturated carbocycles. The second-order valence-corrected chi connectivity index (χ2v) is 9.24. The fourth-order valence-electron chi connectivity index (χ4n) is 4.90. The van der Waals surface area contributed by atoms with Crippen molar-refractivity contribution >= 4 is 22.8 Å². The van der Waals surface area contributed by atoms with E-state index in [1.165, 1.54) is 16.6 Å². The number of aryl methyl sites for hydroxylation is 2. The number of amides is 1. The van der Waals surface area contributed by atoms with E-state index in [1.807, 2.05) is 9.80 Å². The average Bonchev–Trinajstić information content (AvgIpc) is 3.40. The molecule has 1 aliphatic heterocycles. The van der Waals surface area contributed by atoms with Gasteiger partial charge in [-0.05, 0) is 75.0 Å². The first kappa shape index (κ1) is 23.3. The van der Waals surface area contributed by atoms with Crippen molar-refractivity contribution in [2.24, 2.45) is 0 Å². The first-order valence-corrected chi connectivity index (χ1v) is 12.2. The quantitative estimate of drug-likeness (QED) is 0.529. The lowest BCUT2D eigenvalue weighted by molar-refractivity contribution is -0.145. The number of carbonyl (C=O) groups is 2. The van der Waals surface area contributed by atoms with E-state index in [9.17, 15) is 9.59 Å². The van der Waals surface area contributed by atoms with Crippen LogP contribution in [0.15, 0.2) is 24.3 Å². The van der Waals surface area contributed by atoms with Crippen molar-refractivity contribution < 1.29 is 14.3 Å². The topological polar surface area (TPSA) is 89.4 Å². The fraction of sp³-hybridized carbons (Fsp3) is 0.577. The Balaban J connectivity index is 1.33. The number of rotatable bonds is 11. The molecule has 1 atom stereocenters. The number of benzene rings is 1. The maximum absolute atomic E-state index is 13.1. The summed E-state index contributed by atoms with van der Waals surface area (Å²) in [7, 11) is 0. The van der Waals surface area contributed by atoms with Gasteiger partial charge in [0.05, 0.1) is 25.8 Å². The SMILES string of the molecule is CCOC(=O)CN(CC(=O)N1CCC[C@H]1CCc1cc2ccc(CCC#N)cc2[nH]1)C1CC1. The number of aromatic nitrogens is 1. The lowest BCUT2D eigenvalue weighted by atomic mass is 10.1. The van der Waals surface area contributed by atoms with Crippen molar-refractivity contribution in [1.29, 1.82) is 5.26 Å². The summed E-state index contributed by atoms with van der Waals surface area (Å²) < 4.78 is 5.09. The third kappa shape index (κ3) is 6.14. The van der Waals surface area contributed by atoms with Crippen molar-refractivity contribution in [3.63, 3.8) is 0 Å². The molecule has 33 heavy (non-hydrogen) atoms. The molecule has 1 aromatic carbocycles. The molecule has 176 valence electrons. The van der Waals surface area contributed by atoms with Crippen molar-refractivity contribution in [3.8, 4) is 6.07 Å². The van der Waals surface area contributed by atoms with Crippen LogP contribution in [0.1, 0.15) is 56.7 Å². The van der Waals surface area contributed by atoms with Crippen molar-refractivity contribution in [2.45, 2.75) is 70.4 Å². The molecule has 1 N–H and O–H groups in total. The molecule has 0 bridgehead atoms. The molecule has 2 fully saturated rings. The Kier molecular flexibility index (Phi) is 7.66. The number of likely N-dealkylation sites (tertiary alicyclic amines) is 1. The van der Waals surface area contributed by atoms with Crippen LogP contribution in [-0.4, -0.2) is 65.0 Å². The summed E-state index contributed by atoms with van der Waals surface area (Å²) in [5.41, 5.74) is 3.47. The molecule has 1 aliphatic carbocycles. The van der Waals surface area contributed by atoms with Crippen molar-refractivity contribution in [2.75, 3.05) is 26.2 Å². The first-order chi connectivity index (χ1) is 16.1. The number of carbonyl (C=O) groups excluding carboxylic acids is 2. The highest BCUT2D eigenvalue weighted by atomic mass is 16.5. The Hall–Kier alpha value is -2.85. The minimum atomic E-state index is -0.246. The Morgan fingerprint density at radius 2 is 2.06 bits per heavy atom. The van der Waals surface area contributed by atoms with Gasteiger partial charge in [-0.2, -0.15) is 5.26 Å². The van der Waals surface area contributed by atoms with Gasteiger partial charge in [-0.3, -0.25) is 14.5 Å². The van der Waals surface area contributed by atoms with Crippen LogP contribution in [-0.2, 0) is 27.2 Å². The minimum Gasteiger partial charge on any atom is -0.465 e. The Bertz CT molecular complexity index is 1020. The average molecular weight is 451 g/mol. The lowest BCUT2D eigenvalue weighted by Crippen LogP contribution is -2.45. The maximum atomic E-state index is 13.1. The second-order valence-electron chi connectivity index (χ2n) is 9.24. The van der Waals surface area contributed by atoms with Gasteiger partial charge < -0.3 is 14.6 Å². The number of fused-ring (bicyclic) bond motifs is 1. The molecule has 0 spiro atoms. The van der Waals surface area contributed by atoms with Gasteiger partial charge in [0.2, 0.25) is 5.91 Å². The van der Waals surface area contributed by atoms with Crippen LogP contribution in [0.25, 0.3) is 10.9 Å². The number of nitrogens with zero attached hydrogens (tertiary/aromatic N) is 3. The Labute approximate surface area is 195 Å². The number of hydrogen-bond acceptors (Lipinski definition) is 5. The molecule has 1 aromatic heterocycles. The molecular weight excluding hydrogens is 416 g/mol. The number of nitriles is 1. The van der Waals surface area contributed by atoms with Crippen molar-refractivity contribution in [1.82, 2.24) is 14.8 Å². The highest BCUT2D eigenvalue weighted by Crippen LogP contribution is 2.28. The van der Waals surface area contributed by atoms with E-state index in [2.05, 4.69) is 35.3 Å². The maximum Gasteiger partial charge on any atom is 0.320 e. The summed E-state index contributed by atoms with van der Waals surface area (Å²) in [5.74, 6) is -0.114. The predicted molar refractivity (Wildman–Crippen MR) is 127 cm³/mol. The monoisotopic (exact) mass is 450 g/mol. The number of hydrogen-bond donors (Lipinski definition) is 1. The minimum absolute atomic E-state index is 0.132. The smallest absolute Gasteiger partial charge is 0.320 e. The van der Waals surface area contributed by atoms with Crippen molar-refractivity contribution in [3.05, 3.63) is 35.5 Å². The zero-order chi connectivity index (χ0) is 23.2. The van der Waals surface area contributed by atoms with Gasteiger partial charge in [0, 0.05) is 36.3 Å². The summed E-state index contributed by atoms with van der Waals surface area (Å²) in [6.45, 7) is 3.48. The van der Waals surface area contributed by atoms with Crippen LogP contribution in [0.4, 0.5) is 0 Å². The van der Waals surface area contributed by atoms with Crippen LogP contribution in [0.2, 0.25) is 0 Å². The molecule has 2 aromatic rings. The second kappa shape index (κ2) is 10.8. The highest BCUT2D eigenvalue weighted by molar-refractivity contribution is 5.81. The van der Waals surface area contributed by atoms with Gasteiger partial charge in [-0.25, -0.2) is 0 Å². The van der Waals surface area contributed by atoms with Crippen LogP contribution < -0.4 is 0 Å². The number of H-pyrrole nitrogens is 1. The van der Waals surface area contributed by atoms with E-state index in [0.29, 0.717) is 25.6 Å². The van der Waals surface area contributed by atoms with Crippen LogP contribution in [0, 0.1) is 11.3 Å². The summed E-state index contributed by atoms with van der Waals surface area (Å²) in [6.07, 6.45) is 7.30. The zero-order valence-electron chi connectivity index (χ0n) is 19.5.